The second-order valence-corrected chi connectivity index (χ2v) is 11.1. The summed E-state index contributed by atoms with van der Waals surface area (Å²) in [5.41, 5.74) is 0.535. The molecule has 1 aliphatic carbocycles. The Morgan fingerprint density at radius 3 is 2.54 bits per heavy atom. The molecule has 2 aliphatic heterocycles. The number of rotatable bonds is 6. The molecule has 3 unspecified atom stereocenters. The van der Waals surface area contributed by atoms with Gasteiger partial charge >= 0.3 is 5.69 Å². The molecular formula is C26H37N5O4. The van der Waals surface area contributed by atoms with Gasteiger partial charge in [-0.1, -0.05) is 13.8 Å². The number of carbonyl (C=O) groups is 1. The zero-order valence-electron chi connectivity index (χ0n) is 21.2. The minimum Gasteiger partial charge on any atom is -0.373 e. The van der Waals surface area contributed by atoms with Gasteiger partial charge in [-0.2, -0.15) is 0 Å². The van der Waals surface area contributed by atoms with E-state index in [1.54, 1.807) is 0 Å². The molecular weight excluding hydrogens is 446 g/mol. The number of nitrogens with zero attached hydrogens (tertiary/aromatic N) is 4. The van der Waals surface area contributed by atoms with Crippen molar-refractivity contribution < 1.29 is 9.53 Å². The lowest BCUT2D eigenvalue weighted by Crippen LogP contribution is -2.51. The number of carbonyl (C=O) groups excluding carboxylic acids is 1. The Hall–Kier alpha value is -2.52. The van der Waals surface area contributed by atoms with Crippen molar-refractivity contribution in [3.63, 3.8) is 0 Å². The topological polar surface area (TPSA) is 101 Å². The van der Waals surface area contributed by atoms with Crippen LogP contribution >= 0.6 is 0 Å². The standard InChI is InChI=1S/C26H37N5O4/c1-15(2)11-31-23-22(24(32)28-26(31)34)20(10-21(27-23)18-7-8-18)25(33)30-9-5-6-19(30)14-29-12-16(3)35-17(4)13-29/h10,15-19H,5-9,11-14H2,1-4H3,(H,28,32,34). The van der Waals surface area contributed by atoms with E-state index in [1.165, 1.54) is 4.57 Å². The van der Waals surface area contributed by atoms with E-state index in [2.05, 4.69) is 23.7 Å². The zero-order chi connectivity index (χ0) is 24.9. The van der Waals surface area contributed by atoms with Crippen LogP contribution in [0.25, 0.3) is 11.0 Å². The number of hydrogen-bond donors (Lipinski definition) is 1. The van der Waals surface area contributed by atoms with E-state index in [1.807, 2.05) is 24.8 Å². The molecule has 2 aromatic rings. The number of fused-ring (bicyclic) bond motifs is 1. The Morgan fingerprint density at radius 2 is 1.89 bits per heavy atom. The summed E-state index contributed by atoms with van der Waals surface area (Å²) in [6.07, 6.45) is 4.27. The number of nitrogens with one attached hydrogen (secondary N) is 1. The molecule has 5 rings (SSSR count). The minimum atomic E-state index is -0.533. The summed E-state index contributed by atoms with van der Waals surface area (Å²) in [6.45, 7) is 11.8. The molecule has 4 heterocycles. The van der Waals surface area contributed by atoms with Crippen molar-refractivity contribution >= 4 is 16.9 Å². The highest BCUT2D eigenvalue weighted by Crippen LogP contribution is 2.40. The summed E-state index contributed by atoms with van der Waals surface area (Å²) >= 11 is 0. The van der Waals surface area contributed by atoms with Crippen molar-refractivity contribution in [3.05, 3.63) is 38.2 Å². The van der Waals surface area contributed by atoms with E-state index in [9.17, 15) is 14.4 Å². The van der Waals surface area contributed by atoms with Crippen molar-refractivity contribution in [1.82, 2.24) is 24.3 Å². The normalized spacial score (nSPS) is 25.6. The first-order valence-corrected chi connectivity index (χ1v) is 13.1. The molecule has 1 amide bonds. The highest BCUT2D eigenvalue weighted by atomic mass is 16.5. The summed E-state index contributed by atoms with van der Waals surface area (Å²) in [6, 6.07) is 1.91. The van der Waals surface area contributed by atoms with E-state index >= 15 is 0 Å². The molecule has 2 saturated heterocycles. The van der Waals surface area contributed by atoms with Crippen molar-refractivity contribution in [1.29, 1.82) is 0 Å². The highest BCUT2D eigenvalue weighted by molar-refractivity contribution is 6.05. The maximum Gasteiger partial charge on any atom is 0.330 e. The zero-order valence-corrected chi connectivity index (χ0v) is 21.2. The van der Waals surface area contributed by atoms with Gasteiger partial charge in [-0.15, -0.1) is 0 Å². The monoisotopic (exact) mass is 483 g/mol. The first-order valence-electron chi connectivity index (χ1n) is 13.1. The number of morpholine rings is 1. The van der Waals surface area contributed by atoms with Crippen LogP contribution in [0.1, 0.15) is 75.3 Å². The molecule has 0 aromatic carbocycles. The Morgan fingerprint density at radius 1 is 1.17 bits per heavy atom. The Kier molecular flexibility index (Phi) is 6.57. The number of amides is 1. The molecule has 1 N–H and O–H groups in total. The number of pyridine rings is 1. The third-order valence-electron chi connectivity index (χ3n) is 7.34. The Bertz CT molecular complexity index is 1220. The van der Waals surface area contributed by atoms with Gasteiger partial charge in [0.1, 0.15) is 0 Å². The van der Waals surface area contributed by atoms with Gasteiger partial charge in [-0.3, -0.25) is 24.0 Å². The number of hydrogen-bond acceptors (Lipinski definition) is 6. The van der Waals surface area contributed by atoms with E-state index in [-0.39, 0.29) is 35.5 Å². The number of H-pyrrole nitrogens is 1. The van der Waals surface area contributed by atoms with Gasteiger partial charge in [0.2, 0.25) is 0 Å². The summed E-state index contributed by atoms with van der Waals surface area (Å²) in [5, 5.41) is 0.235. The van der Waals surface area contributed by atoms with Gasteiger partial charge in [0.05, 0.1) is 23.2 Å². The number of ether oxygens (including phenoxy) is 1. The second-order valence-electron chi connectivity index (χ2n) is 11.1. The van der Waals surface area contributed by atoms with E-state index in [0.717, 1.165) is 51.0 Å². The van der Waals surface area contributed by atoms with Crippen LogP contribution < -0.4 is 11.2 Å². The molecule has 35 heavy (non-hydrogen) atoms. The summed E-state index contributed by atoms with van der Waals surface area (Å²) in [4.78, 5) is 51.3. The first kappa shape index (κ1) is 24.2. The van der Waals surface area contributed by atoms with Gasteiger partial charge < -0.3 is 9.64 Å². The molecule has 9 heteroatoms. The average molecular weight is 484 g/mol. The number of likely N-dealkylation sites (tertiary alicyclic amines) is 1. The lowest BCUT2D eigenvalue weighted by molar-refractivity contribution is -0.0715. The van der Waals surface area contributed by atoms with Gasteiger partial charge in [-0.25, -0.2) is 9.78 Å². The van der Waals surface area contributed by atoms with Gasteiger partial charge in [0.25, 0.3) is 11.5 Å². The quantitative estimate of drug-likeness (QED) is 0.677. The Labute approximate surface area is 205 Å². The van der Waals surface area contributed by atoms with Gasteiger partial charge in [0.15, 0.2) is 5.65 Å². The number of aromatic amines is 1. The van der Waals surface area contributed by atoms with Crippen molar-refractivity contribution in [2.24, 2.45) is 5.92 Å². The van der Waals surface area contributed by atoms with E-state index < -0.39 is 11.2 Å². The third-order valence-corrected chi connectivity index (χ3v) is 7.34. The lowest BCUT2D eigenvalue weighted by atomic mass is 10.1. The molecule has 0 bridgehead atoms. The van der Waals surface area contributed by atoms with Gasteiger partial charge in [-0.05, 0) is 51.5 Å². The maximum absolute atomic E-state index is 14.0. The molecule has 2 aromatic heterocycles. The fourth-order valence-electron chi connectivity index (χ4n) is 5.76. The Balaban J connectivity index is 1.53. The lowest BCUT2D eigenvalue weighted by Gasteiger charge is -2.38. The molecule has 0 radical (unpaired) electrons. The largest absolute Gasteiger partial charge is 0.373 e. The van der Waals surface area contributed by atoms with Crippen LogP contribution in [0.3, 0.4) is 0 Å². The van der Waals surface area contributed by atoms with E-state index in [4.69, 9.17) is 9.72 Å². The summed E-state index contributed by atoms with van der Waals surface area (Å²) < 4.78 is 7.41. The van der Waals surface area contributed by atoms with Crippen molar-refractivity contribution in [3.8, 4) is 0 Å². The van der Waals surface area contributed by atoms with Crippen LogP contribution in [0.15, 0.2) is 15.7 Å². The average Bonchev–Trinajstić information content (AvgIpc) is 3.54. The van der Waals surface area contributed by atoms with Gasteiger partial charge in [0, 0.05) is 50.4 Å². The number of aromatic nitrogens is 3. The van der Waals surface area contributed by atoms with Crippen LogP contribution in [0.2, 0.25) is 0 Å². The molecule has 3 aliphatic rings. The predicted molar refractivity (Wildman–Crippen MR) is 134 cm³/mol. The fraction of sp³-hybridized carbons (Fsp3) is 0.692. The highest BCUT2D eigenvalue weighted by Gasteiger charge is 2.35. The fourth-order valence-corrected chi connectivity index (χ4v) is 5.76. The molecule has 9 nitrogen and oxygen atoms in total. The van der Waals surface area contributed by atoms with E-state index in [0.29, 0.717) is 30.2 Å². The van der Waals surface area contributed by atoms with Crippen LogP contribution in [-0.2, 0) is 11.3 Å². The van der Waals surface area contributed by atoms with Crippen LogP contribution in [0.4, 0.5) is 0 Å². The molecule has 3 fully saturated rings. The summed E-state index contributed by atoms with van der Waals surface area (Å²) in [5.74, 6) is 0.351. The SMILES string of the molecule is CC(C)Cn1c(=O)[nH]c(=O)c2c(C(=O)N3CCCC3CN3CC(C)OC(C)C3)cc(C3CC3)nc21. The third kappa shape index (κ3) is 4.93. The molecule has 190 valence electrons. The second kappa shape index (κ2) is 9.50. The molecule has 3 atom stereocenters. The van der Waals surface area contributed by atoms with Crippen molar-refractivity contribution in [2.75, 3.05) is 26.2 Å². The molecule has 0 spiro atoms. The predicted octanol–water partition coefficient (Wildman–Crippen LogP) is 2.33. The molecule has 1 saturated carbocycles. The maximum atomic E-state index is 14.0. The van der Waals surface area contributed by atoms with Crippen LogP contribution in [-0.4, -0.2) is 74.7 Å². The smallest absolute Gasteiger partial charge is 0.330 e. The first-order chi connectivity index (χ1) is 16.7. The summed E-state index contributed by atoms with van der Waals surface area (Å²) in [7, 11) is 0. The van der Waals surface area contributed by atoms with Crippen molar-refractivity contribution in [2.45, 2.75) is 84.1 Å². The minimum absolute atomic E-state index is 0.0910. The van der Waals surface area contributed by atoms with Crippen LogP contribution in [0.5, 0.6) is 0 Å². The van der Waals surface area contributed by atoms with Crippen LogP contribution in [0, 0.1) is 5.92 Å².